The van der Waals surface area contributed by atoms with Gasteiger partial charge in [0.05, 0.1) is 10.6 Å². The first kappa shape index (κ1) is 13.0. The second kappa shape index (κ2) is 4.04. The number of halogens is 7. The van der Waals surface area contributed by atoms with Crippen LogP contribution in [0.15, 0.2) is 18.2 Å². The largest absolute Gasteiger partial charge is 0.573 e. The standard InChI is InChI=1S/C8H3ClF6O/c9-6-2-1-4(16-8(13,14)15)3-5(6)7(10,11)12/h1-3H. The molecule has 0 saturated carbocycles. The SMILES string of the molecule is FC(F)(F)Oc1ccc(Cl)c(C(F)(F)F)c1. The zero-order valence-electron chi connectivity index (χ0n) is 7.29. The van der Waals surface area contributed by atoms with Crippen LogP contribution in [0, 0.1) is 0 Å². The molecular weight excluding hydrogens is 262 g/mol. The van der Waals surface area contributed by atoms with E-state index in [4.69, 9.17) is 11.6 Å². The molecule has 0 aliphatic heterocycles. The fourth-order valence-corrected chi connectivity index (χ4v) is 1.14. The first-order chi connectivity index (χ1) is 7.09. The minimum absolute atomic E-state index is 0.190. The number of ether oxygens (including phenoxy) is 1. The lowest BCUT2D eigenvalue weighted by Gasteiger charge is -2.12. The molecule has 90 valence electrons. The Morgan fingerprint density at radius 1 is 1.00 bits per heavy atom. The third kappa shape index (κ3) is 3.48. The average Bonchev–Trinajstić information content (AvgIpc) is 2.04. The number of alkyl halides is 6. The van der Waals surface area contributed by atoms with Crippen molar-refractivity contribution in [2.24, 2.45) is 0 Å². The van der Waals surface area contributed by atoms with Crippen LogP contribution in [-0.2, 0) is 6.18 Å². The molecule has 1 rings (SSSR count). The van der Waals surface area contributed by atoms with Gasteiger partial charge in [-0.2, -0.15) is 13.2 Å². The highest BCUT2D eigenvalue weighted by atomic mass is 35.5. The number of hydrogen-bond acceptors (Lipinski definition) is 1. The van der Waals surface area contributed by atoms with Gasteiger partial charge >= 0.3 is 12.5 Å². The summed E-state index contributed by atoms with van der Waals surface area (Å²) >= 11 is 5.20. The molecule has 8 heteroatoms. The Morgan fingerprint density at radius 2 is 1.56 bits per heavy atom. The Labute approximate surface area is 90.6 Å². The molecule has 0 unspecified atom stereocenters. The molecule has 1 aromatic rings. The molecule has 1 nitrogen and oxygen atoms in total. The van der Waals surface area contributed by atoms with Crippen LogP contribution in [0.2, 0.25) is 5.02 Å². The molecule has 0 radical (unpaired) electrons. The fourth-order valence-electron chi connectivity index (χ4n) is 0.919. The van der Waals surface area contributed by atoms with Crippen molar-refractivity contribution in [1.29, 1.82) is 0 Å². The van der Waals surface area contributed by atoms with Crippen LogP contribution < -0.4 is 4.74 Å². The Hall–Kier alpha value is -1.11. The van der Waals surface area contributed by atoms with Crippen LogP contribution in [0.1, 0.15) is 5.56 Å². The molecular formula is C8H3ClF6O. The predicted molar refractivity (Wildman–Crippen MR) is 43.1 cm³/mol. The lowest BCUT2D eigenvalue weighted by molar-refractivity contribution is -0.274. The number of rotatable bonds is 1. The van der Waals surface area contributed by atoms with E-state index in [9.17, 15) is 26.3 Å². The fraction of sp³-hybridized carbons (Fsp3) is 0.250. The minimum Gasteiger partial charge on any atom is -0.406 e. The highest BCUT2D eigenvalue weighted by molar-refractivity contribution is 6.31. The summed E-state index contributed by atoms with van der Waals surface area (Å²) in [7, 11) is 0. The summed E-state index contributed by atoms with van der Waals surface area (Å²) in [5, 5.41) is -0.693. The Balaban J connectivity index is 3.09. The highest BCUT2D eigenvalue weighted by Gasteiger charge is 2.36. The van der Waals surface area contributed by atoms with Crippen molar-refractivity contribution >= 4 is 11.6 Å². The molecule has 0 aliphatic carbocycles. The van der Waals surface area contributed by atoms with Gasteiger partial charge < -0.3 is 4.74 Å². The number of benzene rings is 1. The second-order valence-electron chi connectivity index (χ2n) is 2.69. The highest BCUT2D eigenvalue weighted by Crippen LogP contribution is 2.37. The summed E-state index contributed by atoms with van der Waals surface area (Å²) in [4.78, 5) is 0. The monoisotopic (exact) mass is 264 g/mol. The van der Waals surface area contributed by atoms with Crippen molar-refractivity contribution in [2.45, 2.75) is 12.5 Å². The number of hydrogen-bond donors (Lipinski definition) is 0. The zero-order chi connectivity index (χ0) is 12.6. The molecule has 0 N–H and O–H groups in total. The topological polar surface area (TPSA) is 9.23 Å². The van der Waals surface area contributed by atoms with E-state index in [-0.39, 0.29) is 6.07 Å². The summed E-state index contributed by atoms with van der Waals surface area (Å²) in [6, 6.07) is 1.58. The van der Waals surface area contributed by atoms with E-state index in [0.717, 1.165) is 0 Å². The van der Waals surface area contributed by atoms with Gasteiger partial charge in [0.2, 0.25) is 0 Å². The van der Waals surface area contributed by atoms with Crippen LogP contribution in [0.5, 0.6) is 5.75 Å². The summed E-state index contributed by atoms with van der Waals surface area (Å²) in [6.45, 7) is 0. The van der Waals surface area contributed by atoms with E-state index in [0.29, 0.717) is 12.1 Å². The lowest BCUT2D eigenvalue weighted by Crippen LogP contribution is -2.17. The first-order valence-corrected chi connectivity index (χ1v) is 4.10. The molecule has 16 heavy (non-hydrogen) atoms. The predicted octanol–water partition coefficient (Wildman–Crippen LogP) is 4.26. The van der Waals surface area contributed by atoms with Crippen LogP contribution in [0.4, 0.5) is 26.3 Å². The van der Waals surface area contributed by atoms with Gasteiger partial charge in [-0.15, -0.1) is 13.2 Å². The van der Waals surface area contributed by atoms with Gasteiger partial charge in [-0.3, -0.25) is 0 Å². The maximum absolute atomic E-state index is 12.2. The van der Waals surface area contributed by atoms with Crippen molar-refractivity contribution in [1.82, 2.24) is 0 Å². The van der Waals surface area contributed by atoms with E-state index >= 15 is 0 Å². The van der Waals surface area contributed by atoms with E-state index in [1.54, 1.807) is 0 Å². The molecule has 0 aromatic heterocycles. The molecule has 1 aromatic carbocycles. The van der Waals surface area contributed by atoms with Crippen molar-refractivity contribution in [3.8, 4) is 5.75 Å². The van der Waals surface area contributed by atoms with Crippen LogP contribution in [0.3, 0.4) is 0 Å². The van der Waals surface area contributed by atoms with E-state index in [2.05, 4.69) is 4.74 Å². The molecule has 0 aliphatic rings. The molecule has 0 atom stereocenters. The van der Waals surface area contributed by atoms with Gasteiger partial charge in [0.15, 0.2) is 0 Å². The van der Waals surface area contributed by atoms with Gasteiger partial charge in [0, 0.05) is 0 Å². The van der Waals surface area contributed by atoms with Gasteiger partial charge in [0.1, 0.15) is 5.75 Å². The van der Waals surface area contributed by atoms with Gasteiger partial charge in [-0.25, -0.2) is 0 Å². The van der Waals surface area contributed by atoms with E-state index in [1.807, 2.05) is 0 Å². The quantitative estimate of drug-likeness (QED) is 0.689. The van der Waals surface area contributed by atoms with E-state index in [1.165, 1.54) is 0 Å². The normalized spacial score (nSPS) is 12.7. The Morgan fingerprint density at radius 3 is 2.00 bits per heavy atom. The molecule has 0 bridgehead atoms. The summed E-state index contributed by atoms with van der Waals surface area (Å²) in [6.07, 6.45) is -9.88. The average molecular weight is 265 g/mol. The molecule has 0 heterocycles. The van der Waals surface area contributed by atoms with Crippen LogP contribution in [-0.4, -0.2) is 6.36 Å². The maximum atomic E-state index is 12.2. The van der Waals surface area contributed by atoms with Gasteiger partial charge in [-0.1, -0.05) is 11.6 Å². The van der Waals surface area contributed by atoms with Gasteiger partial charge in [0.25, 0.3) is 0 Å². The van der Waals surface area contributed by atoms with Crippen molar-refractivity contribution < 1.29 is 31.1 Å². The maximum Gasteiger partial charge on any atom is 0.573 e. The van der Waals surface area contributed by atoms with E-state index < -0.39 is 28.9 Å². The minimum atomic E-state index is -5.04. The van der Waals surface area contributed by atoms with Gasteiger partial charge in [-0.05, 0) is 18.2 Å². The van der Waals surface area contributed by atoms with Crippen molar-refractivity contribution in [2.75, 3.05) is 0 Å². The molecule has 0 spiro atoms. The second-order valence-corrected chi connectivity index (χ2v) is 3.09. The molecule has 0 saturated heterocycles. The third-order valence-corrected chi connectivity index (χ3v) is 1.81. The van der Waals surface area contributed by atoms with Crippen LogP contribution in [0.25, 0.3) is 0 Å². The van der Waals surface area contributed by atoms with Crippen molar-refractivity contribution in [3.05, 3.63) is 28.8 Å². The summed E-state index contributed by atoms with van der Waals surface area (Å²) in [5.74, 6) is -0.968. The molecule has 0 amide bonds. The first-order valence-electron chi connectivity index (χ1n) is 3.72. The lowest BCUT2D eigenvalue weighted by atomic mass is 10.2. The smallest absolute Gasteiger partial charge is 0.406 e. The zero-order valence-corrected chi connectivity index (χ0v) is 8.04. The third-order valence-electron chi connectivity index (χ3n) is 1.48. The Kier molecular flexibility index (Phi) is 3.27. The molecule has 0 fully saturated rings. The summed E-state index contributed by atoms with van der Waals surface area (Å²) in [5.41, 5.74) is -1.38. The van der Waals surface area contributed by atoms with Crippen molar-refractivity contribution in [3.63, 3.8) is 0 Å². The summed E-state index contributed by atoms with van der Waals surface area (Å²) < 4.78 is 75.3. The Bertz CT molecular complexity index is 383. The van der Waals surface area contributed by atoms with Crippen LogP contribution >= 0.6 is 11.6 Å².